The molecule has 0 fully saturated rings. The van der Waals surface area contributed by atoms with E-state index in [-0.39, 0.29) is 5.97 Å². The number of carbonyl (C=O) groups is 1. The van der Waals surface area contributed by atoms with E-state index in [0.717, 1.165) is 21.9 Å². The van der Waals surface area contributed by atoms with Crippen molar-refractivity contribution in [3.63, 3.8) is 0 Å². The van der Waals surface area contributed by atoms with Gasteiger partial charge in [-0.1, -0.05) is 35.9 Å². The lowest BCUT2D eigenvalue weighted by molar-refractivity contribution is 0.0601. The number of hydrogen-bond acceptors (Lipinski definition) is 3. The molecule has 0 atom stereocenters. The van der Waals surface area contributed by atoms with Gasteiger partial charge in [-0.3, -0.25) is 0 Å². The van der Waals surface area contributed by atoms with E-state index in [2.05, 4.69) is 0 Å². The maximum Gasteiger partial charge on any atom is 0.337 e. The molecule has 3 nitrogen and oxygen atoms in total. The third kappa shape index (κ3) is 2.88. The zero-order valence-corrected chi connectivity index (χ0v) is 13.6. The fraction of sp³-hybridized carbons (Fsp3) is 0.105. The average molecular weight is 327 g/mol. The molecule has 0 heterocycles. The zero-order valence-electron chi connectivity index (χ0n) is 12.8. The van der Waals surface area contributed by atoms with Gasteiger partial charge in [-0.25, -0.2) is 4.79 Å². The van der Waals surface area contributed by atoms with Crippen LogP contribution in [0.25, 0.3) is 21.9 Å². The normalized spacial score (nSPS) is 10.6. The van der Waals surface area contributed by atoms with Crippen LogP contribution >= 0.6 is 11.6 Å². The van der Waals surface area contributed by atoms with Crippen molar-refractivity contribution >= 4 is 28.3 Å². The Labute approximate surface area is 139 Å². The Balaban J connectivity index is 2.27. The van der Waals surface area contributed by atoms with Crippen LogP contribution in [0.4, 0.5) is 0 Å². The molecular formula is C19H15ClO3. The van der Waals surface area contributed by atoms with Crippen LogP contribution in [-0.4, -0.2) is 20.2 Å². The van der Waals surface area contributed by atoms with Crippen LogP contribution in [0.2, 0.25) is 5.02 Å². The van der Waals surface area contributed by atoms with Crippen LogP contribution in [0.15, 0.2) is 54.6 Å². The number of methoxy groups -OCH3 is 2. The van der Waals surface area contributed by atoms with Crippen molar-refractivity contribution in [3.05, 3.63) is 65.2 Å². The van der Waals surface area contributed by atoms with Crippen LogP contribution in [-0.2, 0) is 4.74 Å². The average Bonchev–Trinajstić information content (AvgIpc) is 2.60. The van der Waals surface area contributed by atoms with Crippen LogP contribution < -0.4 is 4.74 Å². The van der Waals surface area contributed by atoms with Crippen molar-refractivity contribution in [2.45, 2.75) is 0 Å². The molecule has 0 aliphatic carbocycles. The highest BCUT2D eigenvalue weighted by Crippen LogP contribution is 2.36. The first-order valence-corrected chi connectivity index (χ1v) is 7.47. The molecule has 0 aromatic heterocycles. The summed E-state index contributed by atoms with van der Waals surface area (Å²) >= 11 is 6.05. The Bertz CT molecular complexity index is 887. The maximum atomic E-state index is 11.8. The highest BCUT2D eigenvalue weighted by Gasteiger charge is 2.12. The topological polar surface area (TPSA) is 35.5 Å². The highest BCUT2D eigenvalue weighted by atomic mass is 35.5. The number of hydrogen-bond donors (Lipinski definition) is 0. The molecule has 3 aromatic carbocycles. The number of esters is 1. The van der Waals surface area contributed by atoms with Crippen molar-refractivity contribution < 1.29 is 14.3 Å². The Morgan fingerprint density at radius 3 is 2.52 bits per heavy atom. The molecule has 0 radical (unpaired) electrons. The molecule has 0 aliphatic rings. The second-order valence-electron chi connectivity index (χ2n) is 5.08. The van der Waals surface area contributed by atoms with E-state index in [4.69, 9.17) is 21.1 Å². The predicted molar refractivity (Wildman–Crippen MR) is 92.3 cm³/mol. The highest BCUT2D eigenvalue weighted by molar-refractivity contribution is 6.30. The van der Waals surface area contributed by atoms with Crippen molar-refractivity contribution in [1.29, 1.82) is 0 Å². The summed E-state index contributed by atoms with van der Waals surface area (Å²) in [7, 11) is 2.99. The van der Waals surface area contributed by atoms with Gasteiger partial charge >= 0.3 is 5.97 Å². The molecule has 23 heavy (non-hydrogen) atoms. The van der Waals surface area contributed by atoms with Crippen LogP contribution in [0.3, 0.4) is 0 Å². The van der Waals surface area contributed by atoms with Gasteiger partial charge in [0.05, 0.1) is 19.8 Å². The molecule has 4 heteroatoms. The van der Waals surface area contributed by atoms with E-state index in [1.807, 2.05) is 42.5 Å². The first-order chi connectivity index (χ1) is 11.1. The minimum atomic E-state index is -0.357. The number of ether oxygens (including phenoxy) is 2. The Hall–Kier alpha value is -2.52. The van der Waals surface area contributed by atoms with Crippen LogP contribution in [0, 0.1) is 0 Å². The van der Waals surface area contributed by atoms with E-state index in [1.54, 1.807) is 19.2 Å². The lowest BCUT2D eigenvalue weighted by atomic mass is 9.96. The van der Waals surface area contributed by atoms with Crippen molar-refractivity contribution in [2.75, 3.05) is 14.2 Å². The lowest BCUT2D eigenvalue weighted by Crippen LogP contribution is -2.00. The van der Waals surface area contributed by atoms with E-state index in [1.165, 1.54) is 7.11 Å². The summed E-state index contributed by atoms with van der Waals surface area (Å²) in [6.45, 7) is 0. The van der Waals surface area contributed by atoms with Gasteiger partial charge in [-0.2, -0.15) is 0 Å². The first kappa shape index (κ1) is 15.4. The van der Waals surface area contributed by atoms with Crippen molar-refractivity contribution in [2.24, 2.45) is 0 Å². The molecule has 3 aromatic rings. The molecule has 0 aliphatic heterocycles. The van der Waals surface area contributed by atoms with Gasteiger partial charge in [0, 0.05) is 10.6 Å². The fourth-order valence-electron chi connectivity index (χ4n) is 2.64. The summed E-state index contributed by atoms with van der Waals surface area (Å²) in [6, 6.07) is 17.0. The first-order valence-electron chi connectivity index (χ1n) is 7.09. The van der Waals surface area contributed by atoms with Gasteiger partial charge in [0.15, 0.2) is 0 Å². The molecular weight excluding hydrogens is 312 g/mol. The number of benzene rings is 3. The summed E-state index contributed by atoms with van der Waals surface area (Å²) in [6.07, 6.45) is 0. The van der Waals surface area contributed by atoms with E-state index in [9.17, 15) is 4.79 Å². The van der Waals surface area contributed by atoms with Gasteiger partial charge in [0.2, 0.25) is 0 Å². The zero-order chi connectivity index (χ0) is 16.4. The van der Waals surface area contributed by atoms with Gasteiger partial charge in [0.25, 0.3) is 0 Å². The SMILES string of the molecule is COC(=O)c1ccc2cccc(-c3ccc(Cl)cc3OC)c2c1. The molecule has 0 spiro atoms. The van der Waals surface area contributed by atoms with E-state index in [0.29, 0.717) is 16.3 Å². The summed E-state index contributed by atoms with van der Waals surface area (Å²) in [5.74, 6) is 0.332. The third-order valence-corrected chi connectivity index (χ3v) is 3.99. The molecule has 0 unspecified atom stereocenters. The lowest BCUT2D eigenvalue weighted by Gasteiger charge is -2.12. The summed E-state index contributed by atoms with van der Waals surface area (Å²) in [4.78, 5) is 11.8. The monoisotopic (exact) mass is 326 g/mol. The van der Waals surface area contributed by atoms with Crippen LogP contribution in [0.5, 0.6) is 5.75 Å². The standard InChI is InChI=1S/C19H15ClO3/c1-22-18-11-14(20)8-9-16(18)15-5-3-4-12-6-7-13(10-17(12)15)19(21)23-2/h3-11H,1-2H3. The predicted octanol–water partition coefficient (Wildman–Crippen LogP) is 4.96. The largest absolute Gasteiger partial charge is 0.496 e. The molecule has 0 bridgehead atoms. The fourth-order valence-corrected chi connectivity index (χ4v) is 2.80. The molecule has 3 rings (SSSR count). The van der Waals surface area contributed by atoms with E-state index >= 15 is 0 Å². The number of carbonyl (C=O) groups excluding carboxylic acids is 1. The van der Waals surface area contributed by atoms with Crippen molar-refractivity contribution in [3.8, 4) is 16.9 Å². The second-order valence-corrected chi connectivity index (χ2v) is 5.51. The minimum absolute atomic E-state index is 0.357. The van der Waals surface area contributed by atoms with Crippen molar-refractivity contribution in [1.82, 2.24) is 0 Å². The molecule has 0 saturated carbocycles. The van der Waals surface area contributed by atoms with Crippen LogP contribution in [0.1, 0.15) is 10.4 Å². The number of fused-ring (bicyclic) bond motifs is 1. The molecule has 0 N–H and O–H groups in total. The quantitative estimate of drug-likeness (QED) is 0.638. The van der Waals surface area contributed by atoms with Gasteiger partial charge < -0.3 is 9.47 Å². The second kappa shape index (κ2) is 6.31. The Kier molecular flexibility index (Phi) is 4.22. The summed E-state index contributed by atoms with van der Waals surface area (Å²) < 4.78 is 10.3. The van der Waals surface area contributed by atoms with Gasteiger partial charge in [-0.05, 0) is 46.7 Å². The summed E-state index contributed by atoms with van der Waals surface area (Å²) in [5.41, 5.74) is 2.41. The van der Waals surface area contributed by atoms with E-state index < -0.39 is 0 Å². The molecule has 0 saturated heterocycles. The Morgan fingerprint density at radius 1 is 0.957 bits per heavy atom. The molecule has 0 amide bonds. The maximum absolute atomic E-state index is 11.8. The smallest absolute Gasteiger partial charge is 0.337 e. The van der Waals surface area contributed by atoms with Gasteiger partial charge in [-0.15, -0.1) is 0 Å². The number of rotatable bonds is 3. The molecule has 116 valence electrons. The third-order valence-electron chi connectivity index (χ3n) is 3.76. The minimum Gasteiger partial charge on any atom is -0.496 e. The number of halogens is 1. The van der Waals surface area contributed by atoms with Gasteiger partial charge in [0.1, 0.15) is 5.75 Å². The summed E-state index contributed by atoms with van der Waals surface area (Å²) in [5, 5.41) is 2.60. The Morgan fingerprint density at radius 2 is 1.78 bits per heavy atom.